The number of nitrogens with one attached hydrogen (secondary N) is 2. The molecule has 0 aliphatic carbocycles. The van der Waals surface area contributed by atoms with E-state index in [1.165, 1.54) is 0 Å². The summed E-state index contributed by atoms with van der Waals surface area (Å²) in [4.78, 5) is 40.2. The van der Waals surface area contributed by atoms with Crippen molar-refractivity contribution in [1.29, 1.82) is 0 Å². The van der Waals surface area contributed by atoms with Gasteiger partial charge in [-0.05, 0) is 54.8 Å². The Kier molecular flexibility index (Phi) is 6.54. The number of rotatable bonds is 6. The van der Waals surface area contributed by atoms with E-state index in [1.807, 2.05) is 61.5 Å². The molecule has 33 heavy (non-hydrogen) atoms. The standard InChI is InChI=1S/C27H27N3O3/c1-3-19-10-7-8-15-24(19)30-17-20(16-25(30)31)26(32)29-23-14-9-13-22(18(23)2)27(33)28-21-11-5-4-6-12-21/h4-15,20H,3,16-17H2,1-2H3,(H,28,33)(H,29,32). The zero-order valence-corrected chi connectivity index (χ0v) is 18.8. The molecule has 168 valence electrons. The van der Waals surface area contributed by atoms with Gasteiger partial charge in [0.05, 0.1) is 5.92 Å². The quantitative estimate of drug-likeness (QED) is 0.577. The summed E-state index contributed by atoms with van der Waals surface area (Å²) in [6.45, 7) is 4.20. The van der Waals surface area contributed by atoms with Gasteiger partial charge in [0, 0.05) is 35.6 Å². The fourth-order valence-electron chi connectivity index (χ4n) is 4.16. The molecule has 6 heteroatoms. The van der Waals surface area contributed by atoms with Crippen LogP contribution in [-0.2, 0) is 16.0 Å². The van der Waals surface area contributed by atoms with Crippen LogP contribution >= 0.6 is 0 Å². The van der Waals surface area contributed by atoms with Gasteiger partial charge in [0.15, 0.2) is 0 Å². The summed E-state index contributed by atoms with van der Waals surface area (Å²) >= 11 is 0. The number of carbonyl (C=O) groups excluding carboxylic acids is 3. The van der Waals surface area contributed by atoms with Gasteiger partial charge < -0.3 is 15.5 Å². The Morgan fingerprint density at radius 2 is 1.67 bits per heavy atom. The van der Waals surface area contributed by atoms with E-state index >= 15 is 0 Å². The molecule has 0 spiro atoms. The van der Waals surface area contributed by atoms with Crippen LogP contribution in [0.1, 0.15) is 34.8 Å². The minimum absolute atomic E-state index is 0.0521. The molecule has 4 rings (SSSR count). The molecule has 2 N–H and O–H groups in total. The van der Waals surface area contributed by atoms with Crippen LogP contribution in [-0.4, -0.2) is 24.3 Å². The second kappa shape index (κ2) is 9.69. The first kappa shape index (κ1) is 22.3. The largest absolute Gasteiger partial charge is 0.326 e. The molecule has 1 aliphatic rings. The second-order valence-electron chi connectivity index (χ2n) is 8.18. The van der Waals surface area contributed by atoms with Gasteiger partial charge in [-0.2, -0.15) is 0 Å². The highest BCUT2D eigenvalue weighted by atomic mass is 16.2. The lowest BCUT2D eigenvalue weighted by molar-refractivity contribution is -0.122. The lowest BCUT2D eigenvalue weighted by Crippen LogP contribution is -2.29. The van der Waals surface area contributed by atoms with Crippen LogP contribution < -0.4 is 15.5 Å². The molecule has 6 nitrogen and oxygen atoms in total. The molecule has 0 aromatic heterocycles. The van der Waals surface area contributed by atoms with Gasteiger partial charge in [0.2, 0.25) is 11.8 Å². The molecule has 1 aliphatic heterocycles. The zero-order chi connectivity index (χ0) is 23.4. The maximum Gasteiger partial charge on any atom is 0.256 e. The third-order valence-electron chi connectivity index (χ3n) is 6.03. The number of benzene rings is 3. The third kappa shape index (κ3) is 4.80. The predicted octanol–water partition coefficient (Wildman–Crippen LogP) is 4.80. The SMILES string of the molecule is CCc1ccccc1N1CC(C(=O)Nc2cccc(C(=O)Nc3ccccc3)c2C)CC1=O. The van der Waals surface area contributed by atoms with Crippen molar-refractivity contribution in [3.63, 3.8) is 0 Å². The van der Waals surface area contributed by atoms with E-state index in [0.29, 0.717) is 29.0 Å². The summed E-state index contributed by atoms with van der Waals surface area (Å²) in [7, 11) is 0. The van der Waals surface area contributed by atoms with Gasteiger partial charge >= 0.3 is 0 Å². The van der Waals surface area contributed by atoms with Crippen LogP contribution in [0.15, 0.2) is 72.8 Å². The normalized spacial score (nSPS) is 15.4. The summed E-state index contributed by atoms with van der Waals surface area (Å²) in [5, 5.41) is 5.81. The molecule has 0 bridgehead atoms. The number of amides is 3. The Labute approximate surface area is 193 Å². The van der Waals surface area contributed by atoms with Crippen LogP contribution in [0, 0.1) is 12.8 Å². The van der Waals surface area contributed by atoms with Crippen molar-refractivity contribution in [2.75, 3.05) is 22.1 Å². The number of hydrogen-bond acceptors (Lipinski definition) is 3. The van der Waals surface area contributed by atoms with E-state index in [0.717, 1.165) is 17.7 Å². The molecule has 1 saturated heterocycles. The van der Waals surface area contributed by atoms with Crippen molar-refractivity contribution in [3.8, 4) is 0 Å². The van der Waals surface area contributed by atoms with Gasteiger partial charge in [-0.25, -0.2) is 0 Å². The van der Waals surface area contributed by atoms with Crippen LogP contribution in [0.5, 0.6) is 0 Å². The van der Waals surface area contributed by atoms with Crippen molar-refractivity contribution >= 4 is 34.8 Å². The smallest absolute Gasteiger partial charge is 0.256 e. The van der Waals surface area contributed by atoms with E-state index in [-0.39, 0.29) is 24.1 Å². The van der Waals surface area contributed by atoms with Gasteiger partial charge in [-0.1, -0.05) is 49.4 Å². The highest BCUT2D eigenvalue weighted by molar-refractivity contribution is 6.08. The van der Waals surface area contributed by atoms with E-state index in [1.54, 1.807) is 30.0 Å². The highest BCUT2D eigenvalue weighted by Crippen LogP contribution is 2.30. The van der Waals surface area contributed by atoms with Crippen LogP contribution in [0.25, 0.3) is 0 Å². The molecule has 3 amide bonds. The Morgan fingerprint density at radius 3 is 2.42 bits per heavy atom. The first-order chi connectivity index (χ1) is 16.0. The van der Waals surface area contributed by atoms with Crippen LogP contribution in [0.2, 0.25) is 0 Å². The van der Waals surface area contributed by atoms with E-state index < -0.39 is 5.92 Å². The topological polar surface area (TPSA) is 78.5 Å². The average molecular weight is 442 g/mol. The Morgan fingerprint density at radius 1 is 0.939 bits per heavy atom. The van der Waals surface area contributed by atoms with E-state index in [2.05, 4.69) is 10.6 Å². The Bertz CT molecular complexity index is 1190. The maximum absolute atomic E-state index is 13.0. The molecule has 3 aromatic rings. The summed E-state index contributed by atoms with van der Waals surface area (Å²) in [6, 6.07) is 22.3. The summed E-state index contributed by atoms with van der Waals surface area (Å²) in [5.74, 6) is -0.968. The molecule has 3 aromatic carbocycles. The third-order valence-corrected chi connectivity index (χ3v) is 6.03. The number of hydrogen-bond donors (Lipinski definition) is 2. The van der Waals surface area contributed by atoms with Gasteiger partial charge in [-0.15, -0.1) is 0 Å². The minimum Gasteiger partial charge on any atom is -0.326 e. The second-order valence-corrected chi connectivity index (χ2v) is 8.18. The molecular formula is C27H27N3O3. The molecular weight excluding hydrogens is 414 g/mol. The number of anilines is 3. The molecule has 0 saturated carbocycles. The molecule has 0 radical (unpaired) electrons. The van der Waals surface area contributed by atoms with E-state index in [4.69, 9.17) is 0 Å². The van der Waals surface area contributed by atoms with Gasteiger partial charge in [0.1, 0.15) is 0 Å². The van der Waals surface area contributed by atoms with Crippen molar-refractivity contribution < 1.29 is 14.4 Å². The monoisotopic (exact) mass is 441 g/mol. The van der Waals surface area contributed by atoms with Crippen LogP contribution in [0.3, 0.4) is 0 Å². The average Bonchev–Trinajstić information content (AvgIpc) is 3.22. The highest BCUT2D eigenvalue weighted by Gasteiger charge is 2.36. The molecule has 1 unspecified atom stereocenters. The summed E-state index contributed by atoms with van der Waals surface area (Å²) in [6.07, 6.45) is 0.977. The lowest BCUT2D eigenvalue weighted by atomic mass is 10.0. The van der Waals surface area contributed by atoms with Crippen molar-refractivity contribution in [2.45, 2.75) is 26.7 Å². The Hall–Kier alpha value is -3.93. The van der Waals surface area contributed by atoms with E-state index in [9.17, 15) is 14.4 Å². The molecule has 1 heterocycles. The zero-order valence-electron chi connectivity index (χ0n) is 18.8. The summed E-state index contributed by atoms with van der Waals surface area (Å²) in [5.41, 5.74) is 4.39. The molecule has 1 fully saturated rings. The predicted molar refractivity (Wildman–Crippen MR) is 130 cm³/mol. The number of nitrogens with zero attached hydrogens (tertiary/aromatic N) is 1. The molecule has 1 atom stereocenters. The number of para-hydroxylation sites is 2. The van der Waals surface area contributed by atoms with Crippen molar-refractivity contribution in [3.05, 3.63) is 89.5 Å². The number of aryl methyl sites for hydroxylation is 1. The number of carbonyl (C=O) groups is 3. The minimum atomic E-state index is -0.455. The van der Waals surface area contributed by atoms with Crippen molar-refractivity contribution in [1.82, 2.24) is 0 Å². The first-order valence-corrected chi connectivity index (χ1v) is 11.1. The first-order valence-electron chi connectivity index (χ1n) is 11.1. The summed E-state index contributed by atoms with van der Waals surface area (Å²) < 4.78 is 0. The maximum atomic E-state index is 13.0. The van der Waals surface area contributed by atoms with Crippen LogP contribution in [0.4, 0.5) is 17.1 Å². The Balaban J connectivity index is 1.47. The fourth-order valence-corrected chi connectivity index (χ4v) is 4.16. The van der Waals surface area contributed by atoms with Gasteiger partial charge in [-0.3, -0.25) is 14.4 Å². The van der Waals surface area contributed by atoms with Crippen molar-refractivity contribution in [2.24, 2.45) is 5.92 Å². The lowest BCUT2D eigenvalue weighted by Gasteiger charge is -2.20. The fraction of sp³-hybridized carbons (Fsp3) is 0.222. The van der Waals surface area contributed by atoms with Gasteiger partial charge in [0.25, 0.3) is 5.91 Å².